The SMILES string of the molecule is Cc1nc(C)n([C@H]2CCCN(C(=O)CCOC[C@@H]3CCCO3)C2)n1. The molecular weight excluding hydrogens is 308 g/mol. The molecule has 2 atom stereocenters. The molecule has 134 valence electrons. The van der Waals surface area contributed by atoms with Gasteiger partial charge in [-0.3, -0.25) is 4.79 Å². The van der Waals surface area contributed by atoms with Gasteiger partial charge >= 0.3 is 0 Å². The summed E-state index contributed by atoms with van der Waals surface area (Å²) in [6.45, 7) is 7.33. The third kappa shape index (κ3) is 4.33. The van der Waals surface area contributed by atoms with Gasteiger partial charge in [0, 0.05) is 19.7 Å². The topological polar surface area (TPSA) is 69.5 Å². The molecule has 1 aromatic heterocycles. The summed E-state index contributed by atoms with van der Waals surface area (Å²) >= 11 is 0. The van der Waals surface area contributed by atoms with Crippen LogP contribution in [0.4, 0.5) is 0 Å². The third-order valence-electron chi connectivity index (χ3n) is 4.79. The maximum Gasteiger partial charge on any atom is 0.224 e. The first-order chi connectivity index (χ1) is 11.6. The number of carbonyl (C=O) groups is 1. The summed E-state index contributed by atoms with van der Waals surface area (Å²) < 4.78 is 13.1. The van der Waals surface area contributed by atoms with Crippen molar-refractivity contribution in [3.8, 4) is 0 Å². The summed E-state index contributed by atoms with van der Waals surface area (Å²) in [6.07, 6.45) is 4.89. The van der Waals surface area contributed by atoms with Crippen molar-refractivity contribution in [3.05, 3.63) is 11.6 Å². The first kappa shape index (κ1) is 17.4. The number of ether oxygens (including phenoxy) is 2. The fraction of sp³-hybridized carbons (Fsp3) is 0.824. The highest BCUT2D eigenvalue weighted by Gasteiger charge is 2.26. The van der Waals surface area contributed by atoms with Gasteiger partial charge < -0.3 is 14.4 Å². The first-order valence-electron chi connectivity index (χ1n) is 9.00. The van der Waals surface area contributed by atoms with E-state index in [0.29, 0.717) is 26.2 Å². The molecule has 0 N–H and O–H groups in total. The average molecular weight is 336 g/mol. The van der Waals surface area contributed by atoms with Crippen molar-refractivity contribution in [1.29, 1.82) is 0 Å². The molecule has 0 saturated carbocycles. The molecule has 3 rings (SSSR count). The molecule has 0 aliphatic carbocycles. The van der Waals surface area contributed by atoms with Gasteiger partial charge in [0.2, 0.25) is 5.91 Å². The molecule has 0 radical (unpaired) electrons. The molecule has 7 nitrogen and oxygen atoms in total. The van der Waals surface area contributed by atoms with E-state index >= 15 is 0 Å². The second-order valence-corrected chi connectivity index (χ2v) is 6.75. The predicted molar refractivity (Wildman–Crippen MR) is 88.8 cm³/mol. The van der Waals surface area contributed by atoms with Gasteiger partial charge in [-0.15, -0.1) is 0 Å². The number of aromatic nitrogens is 3. The van der Waals surface area contributed by atoms with Gasteiger partial charge in [0.15, 0.2) is 0 Å². The number of piperidine rings is 1. The highest BCUT2D eigenvalue weighted by atomic mass is 16.5. The van der Waals surface area contributed by atoms with Crippen molar-refractivity contribution in [2.45, 2.75) is 58.1 Å². The zero-order valence-corrected chi connectivity index (χ0v) is 14.7. The maximum atomic E-state index is 12.4. The maximum absolute atomic E-state index is 12.4. The van der Waals surface area contributed by atoms with Crippen molar-refractivity contribution in [2.24, 2.45) is 0 Å². The van der Waals surface area contributed by atoms with Crippen LogP contribution in [0.1, 0.15) is 49.8 Å². The van der Waals surface area contributed by atoms with Gasteiger partial charge in [0.1, 0.15) is 11.6 Å². The molecule has 2 aliphatic rings. The van der Waals surface area contributed by atoms with Crippen molar-refractivity contribution in [2.75, 3.05) is 32.9 Å². The molecule has 3 heterocycles. The van der Waals surface area contributed by atoms with Crippen molar-refractivity contribution < 1.29 is 14.3 Å². The Labute approximate surface area is 143 Å². The highest BCUT2D eigenvalue weighted by Crippen LogP contribution is 2.22. The summed E-state index contributed by atoms with van der Waals surface area (Å²) in [5.41, 5.74) is 0. The van der Waals surface area contributed by atoms with Crippen LogP contribution >= 0.6 is 0 Å². The Morgan fingerprint density at radius 3 is 2.92 bits per heavy atom. The molecule has 0 bridgehead atoms. The van der Waals surface area contributed by atoms with E-state index in [1.54, 1.807) is 0 Å². The van der Waals surface area contributed by atoms with Crippen molar-refractivity contribution in [1.82, 2.24) is 19.7 Å². The highest BCUT2D eigenvalue weighted by molar-refractivity contribution is 5.76. The van der Waals surface area contributed by atoms with E-state index in [1.165, 1.54) is 0 Å². The molecule has 7 heteroatoms. The minimum atomic E-state index is 0.168. The normalized spacial score (nSPS) is 24.5. The Bertz CT molecular complexity index is 554. The summed E-state index contributed by atoms with van der Waals surface area (Å²) in [5.74, 6) is 1.88. The Morgan fingerprint density at radius 1 is 1.33 bits per heavy atom. The van der Waals surface area contributed by atoms with Gasteiger partial charge in [-0.05, 0) is 39.5 Å². The van der Waals surface area contributed by atoms with E-state index in [9.17, 15) is 4.79 Å². The number of hydrogen-bond donors (Lipinski definition) is 0. The lowest BCUT2D eigenvalue weighted by Crippen LogP contribution is -2.41. The number of likely N-dealkylation sites (tertiary alicyclic amines) is 1. The third-order valence-corrected chi connectivity index (χ3v) is 4.79. The number of rotatable bonds is 6. The number of aryl methyl sites for hydroxylation is 2. The van der Waals surface area contributed by atoms with Gasteiger partial charge in [-0.1, -0.05) is 0 Å². The van der Waals surface area contributed by atoms with Gasteiger partial charge in [-0.2, -0.15) is 5.10 Å². The number of carbonyl (C=O) groups excluding carboxylic acids is 1. The first-order valence-corrected chi connectivity index (χ1v) is 9.00. The van der Waals surface area contributed by atoms with Crippen molar-refractivity contribution in [3.63, 3.8) is 0 Å². The molecule has 1 aromatic rings. The van der Waals surface area contributed by atoms with Crippen LogP contribution in [-0.2, 0) is 14.3 Å². The predicted octanol–water partition coefficient (Wildman–Crippen LogP) is 1.64. The summed E-state index contributed by atoms with van der Waals surface area (Å²) in [6, 6.07) is 0.233. The fourth-order valence-corrected chi connectivity index (χ4v) is 3.57. The lowest BCUT2D eigenvalue weighted by Gasteiger charge is -2.33. The van der Waals surface area contributed by atoms with Crippen LogP contribution < -0.4 is 0 Å². The Kier molecular flexibility index (Phi) is 5.84. The zero-order valence-electron chi connectivity index (χ0n) is 14.7. The molecule has 0 spiro atoms. The molecule has 2 aliphatic heterocycles. The largest absolute Gasteiger partial charge is 0.378 e. The van der Waals surface area contributed by atoms with Crippen LogP contribution in [0.15, 0.2) is 0 Å². The van der Waals surface area contributed by atoms with Crippen LogP contribution in [0.5, 0.6) is 0 Å². The van der Waals surface area contributed by atoms with E-state index in [0.717, 1.165) is 50.5 Å². The lowest BCUT2D eigenvalue weighted by atomic mass is 10.1. The van der Waals surface area contributed by atoms with Crippen LogP contribution in [0, 0.1) is 13.8 Å². The zero-order chi connectivity index (χ0) is 16.9. The Morgan fingerprint density at radius 2 is 2.21 bits per heavy atom. The smallest absolute Gasteiger partial charge is 0.224 e. The van der Waals surface area contributed by atoms with Crippen LogP contribution in [0.2, 0.25) is 0 Å². The number of nitrogens with zero attached hydrogens (tertiary/aromatic N) is 4. The molecule has 0 aromatic carbocycles. The quantitative estimate of drug-likeness (QED) is 0.739. The minimum absolute atomic E-state index is 0.168. The molecule has 2 saturated heterocycles. The average Bonchev–Trinajstić information content (AvgIpc) is 3.21. The van der Waals surface area contributed by atoms with Gasteiger partial charge in [0.25, 0.3) is 0 Å². The van der Waals surface area contributed by atoms with E-state index in [1.807, 2.05) is 23.4 Å². The number of hydrogen-bond acceptors (Lipinski definition) is 5. The molecule has 0 unspecified atom stereocenters. The summed E-state index contributed by atoms with van der Waals surface area (Å²) in [5, 5.41) is 4.48. The Balaban J connectivity index is 1.43. The van der Waals surface area contributed by atoms with E-state index in [4.69, 9.17) is 9.47 Å². The number of amides is 1. The van der Waals surface area contributed by atoms with Crippen LogP contribution in [0.3, 0.4) is 0 Å². The monoisotopic (exact) mass is 336 g/mol. The van der Waals surface area contributed by atoms with Gasteiger partial charge in [-0.25, -0.2) is 9.67 Å². The molecule has 24 heavy (non-hydrogen) atoms. The van der Waals surface area contributed by atoms with E-state index in [-0.39, 0.29) is 18.1 Å². The fourth-order valence-electron chi connectivity index (χ4n) is 3.57. The molecular formula is C17H28N4O3. The standard InChI is InChI=1S/C17H28N4O3/c1-13-18-14(2)21(19-13)15-5-3-8-20(11-15)17(22)7-10-23-12-16-6-4-9-24-16/h15-16H,3-12H2,1-2H3/t15-,16-/m0/s1. The second-order valence-electron chi connectivity index (χ2n) is 6.75. The van der Waals surface area contributed by atoms with E-state index in [2.05, 4.69) is 10.1 Å². The lowest BCUT2D eigenvalue weighted by molar-refractivity contribution is -0.134. The van der Waals surface area contributed by atoms with Crippen molar-refractivity contribution >= 4 is 5.91 Å². The minimum Gasteiger partial charge on any atom is -0.378 e. The summed E-state index contributed by atoms with van der Waals surface area (Å²) in [4.78, 5) is 18.7. The second kappa shape index (κ2) is 8.07. The van der Waals surface area contributed by atoms with E-state index < -0.39 is 0 Å². The van der Waals surface area contributed by atoms with Crippen LogP contribution in [0.25, 0.3) is 0 Å². The molecule has 1 amide bonds. The summed E-state index contributed by atoms with van der Waals surface area (Å²) in [7, 11) is 0. The molecule has 2 fully saturated rings. The van der Waals surface area contributed by atoms with Gasteiger partial charge in [0.05, 0.1) is 31.8 Å². The Hall–Kier alpha value is -1.47. The van der Waals surface area contributed by atoms with Crippen LogP contribution in [-0.4, -0.2) is 64.6 Å².